The fourth-order valence-corrected chi connectivity index (χ4v) is 1.61. The van der Waals surface area contributed by atoms with Crippen LogP contribution in [0.3, 0.4) is 0 Å². The Morgan fingerprint density at radius 2 is 2.27 bits per heavy atom. The van der Waals surface area contributed by atoms with Crippen molar-refractivity contribution in [2.24, 2.45) is 5.92 Å². The van der Waals surface area contributed by atoms with Gasteiger partial charge in [-0.3, -0.25) is 0 Å². The van der Waals surface area contributed by atoms with Crippen molar-refractivity contribution in [3.8, 4) is 0 Å². The Morgan fingerprint density at radius 1 is 1.55 bits per heavy atom. The minimum Gasteiger partial charge on any atom is -0.311 e. The van der Waals surface area contributed by atoms with Crippen molar-refractivity contribution in [2.45, 2.75) is 39.7 Å². The van der Waals surface area contributed by atoms with Crippen LogP contribution in [0.2, 0.25) is 0 Å². The van der Waals surface area contributed by atoms with E-state index in [1.165, 1.54) is 19.4 Å². The molecule has 1 heteroatoms. The van der Waals surface area contributed by atoms with E-state index in [2.05, 4.69) is 32.2 Å². The number of hydrogen-bond donors (Lipinski definition) is 1. The molecule has 1 atom stereocenters. The molecule has 1 aliphatic heterocycles. The van der Waals surface area contributed by atoms with E-state index >= 15 is 0 Å². The van der Waals surface area contributed by atoms with Crippen LogP contribution >= 0.6 is 0 Å². The Kier molecular flexibility index (Phi) is 3.13. The molecule has 64 valence electrons. The molecule has 0 aromatic rings. The Balaban J connectivity index is 2.53. The van der Waals surface area contributed by atoms with Crippen LogP contribution in [0, 0.1) is 5.92 Å². The van der Waals surface area contributed by atoms with Gasteiger partial charge in [0.2, 0.25) is 0 Å². The monoisotopic (exact) mass is 153 g/mol. The van der Waals surface area contributed by atoms with Crippen molar-refractivity contribution < 1.29 is 0 Å². The largest absolute Gasteiger partial charge is 0.311 e. The van der Waals surface area contributed by atoms with Crippen LogP contribution in [-0.4, -0.2) is 12.6 Å². The fourth-order valence-electron chi connectivity index (χ4n) is 1.61. The quantitative estimate of drug-likeness (QED) is 0.570. The molecule has 11 heavy (non-hydrogen) atoms. The second-order valence-corrected chi connectivity index (χ2v) is 3.76. The molecular formula is C10H19N. The average Bonchev–Trinajstić information content (AvgIpc) is 1.93. The van der Waals surface area contributed by atoms with Crippen LogP contribution < -0.4 is 5.32 Å². The van der Waals surface area contributed by atoms with E-state index in [1.54, 1.807) is 5.57 Å². The number of rotatable bonds is 1. The average molecular weight is 153 g/mol. The first-order valence-corrected chi connectivity index (χ1v) is 4.64. The van der Waals surface area contributed by atoms with Crippen molar-refractivity contribution in [3.05, 3.63) is 11.6 Å². The van der Waals surface area contributed by atoms with Gasteiger partial charge < -0.3 is 5.32 Å². The molecule has 1 rings (SSSR count). The second kappa shape index (κ2) is 3.91. The van der Waals surface area contributed by atoms with Gasteiger partial charge in [0, 0.05) is 6.04 Å². The number of allylic oxidation sites excluding steroid dienone is 1. The molecule has 1 aliphatic rings. The van der Waals surface area contributed by atoms with Crippen LogP contribution in [0.5, 0.6) is 0 Å². The lowest BCUT2D eigenvalue weighted by Gasteiger charge is -2.24. The van der Waals surface area contributed by atoms with Crippen molar-refractivity contribution in [1.29, 1.82) is 0 Å². The van der Waals surface area contributed by atoms with Gasteiger partial charge in [-0.15, -0.1) is 0 Å². The molecule has 0 bridgehead atoms. The summed E-state index contributed by atoms with van der Waals surface area (Å²) in [6.45, 7) is 7.94. The second-order valence-electron chi connectivity index (χ2n) is 3.76. The van der Waals surface area contributed by atoms with Gasteiger partial charge in [-0.05, 0) is 32.2 Å². The van der Waals surface area contributed by atoms with E-state index in [0.717, 1.165) is 0 Å². The topological polar surface area (TPSA) is 12.0 Å². The van der Waals surface area contributed by atoms with Gasteiger partial charge in [-0.1, -0.05) is 25.5 Å². The van der Waals surface area contributed by atoms with Crippen molar-refractivity contribution in [2.75, 3.05) is 6.54 Å². The van der Waals surface area contributed by atoms with E-state index < -0.39 is 0 Å². The summed E-state index contributed by atoms with van der Waals surface area (Å²) in [7, 11) is 0. The summed E-state index contributed by atoms with van der Waals surface area (Å²) in [5.74, 6) is 0.701. The summed E-state index contributed by atoms with van der Waals surface area (Å²) < 4.78 is 0. The van der Waals surface area contributed by atoms with E-state index in [-0.39, 0.29) is 0 Å². The minimum atomic E-state index is 0.617. The Labute approximate surface area is 69.9 Å². The highest BCUT2D eigenvalue weighted by Gasteiger charge is 2.12. The highest BCUT2D eigenvalue weighted by Crippen LogP contribution is 2.16. The predicted octanol–water partition coefficient (Wildman–Crippen LogP) is 2.34. The molecular weight excluding hydrogens is 134 g/mol. The van der Waals surface area contributed by atoms with E-state index in [1.807, 2.05) is 0 Å². The van der Waals surface area contributed by atoms with Crippen LogP contribution in [0.1, 0.15) is 33.6 Å². The molecule has 1 fully saturated rings. The van der Waals surface area contributed by atoms with Crippen LogP contribution in [0.25, 0.3) is 0 Å². The van der Waals surface area contributed by atoms with Crippen LogP contribution in [0.4, 0.5) is 0 Å². The third-order valence-electron chi connectivity index (χ3n) is 2.20. The normalized spacial score (nSPS) is 29.8. The van der Waals surface area contributed by atoms with E-state index in [4.69, 9.17) is 0 Å². The molecule has 0 spiro atoms. The van der Waals surface area contributed by atoms with Crippen LogP contribution in [0.15, 0.2) is 11.6 Å². The summed E-state index contributed by atoms with van der Waals surface area (Å²) in [6.07, 6.45) is 5.01. The van der Waals surface area contributed by atoms with Gasteiger partial charge in [0.05, 0.1) is 0 Å². The van der Waals surface area contributed by atoms with Crippen molar-refractivity contribution in [3.63, 3.8) is 0 Å². The van der Waals surface area contributed by atoms with Gasteiger partial charge in [0.15, 0.2) is 0 Å². The molecule has 1 unspecified atom stereocenters. The highest BCUT2D eigenvalue weighted by atomic mass is 14.9. The lowest BCUT2D eigenvalue weighted by Crippen LogP contribution is -2.33. The molecule has 0 radical (unpaired) electrons. The van der Waals surface area contributed by atoms with Gasteiger partial charge >= 0.3 is 0 Å². The lowest BCUT2D eigenvalue weighted by molar-refractivity contribution is 0.511. The smallest absolute Gasteiger partial charge is 0.0251 e. The zero-order valence-electron chi connectivity index (χ0n) is 7.85. The zero-order valence-corrected chi connectivity index (χ0v) is 7.85. The number of hydrogen-bond acceptors (Lipinski definition) is 1. The molecule has 1 heterocycles. The maximum absolute atomic E-state index is 3.47. The first-order chi connectivity index (χ1) is 5.20. The molecule has 0 aromatic heterocycles. The number of piperidine rings is 1. The Bertz CT molecular complexity index is 147. The molecule has 1 nitrogen and oxygen atoms in total. The summed E-state index contributed by atoms with van der Waals surface area (Å²) in [5, 5.41) is 3.47. The maximum atomic E-state index is 3.47. The van der Waals surface area contributed by atoms with Crippen molar-refractivity contribution in [1.82, 2.24) is 5.32 Å². The third kappa shape index (κ3) is 2.66. The SMILES string of the molecule is CC(C)/C=C1/CCCNC1C. The lowest BCUT2D eigenvalue weighted by atomic mass is 9.96. The molecule has 0 aliphatic carbocycles. The van der Waals surface area contributed by atoms with Gasteiger partial charge in [-0.25, -0.2) is 0 Å². The summed E-state index contributed by atoms with van der Waals surface area (Å²) in [4.78, 5) is 0. The summed E-state index contributed by atoms with van der Waals surface area (Å²) >= 11 is 0. The third-order valence-corrected chi connectivity index (χ3v) is 2.20. The maximum Gasteiger partial charge on any atom is 0.0251 e. The summed E-state index contributed by atoms with van der Waals surface area (Å²) in [6, 6.07) is 0.617. The standard InChI is InChI=1S/C10H19N/c1-8(2)7-10-5-4-6-11-9(10)3/h7-9,11H,4-6H2,1-3H3/b10-7-. The van der Waals surface area contributed by atoms with Gasteiger partial charge in [0.25, 0.3) is 0 Å². The minimum absolute atomic E-state index is 0.617. The predicted molar refractivity (Wildman–Crippen MR) is 49.6 cm³/mol. The number of nitrogens with one attached hydrogen (secondary N) is 1. The molecule has 0 aromatic carbocycles. The van der Waals surface area contributed by atoms with Gasteiger partial charge in [0.1, 0.15) is 0 Å². The van der Waals surface area contributed by atoms with Gasteiger partial charge in [-0.2, -0.15) is 0 Å². The molecule has 1 saturated heterocycles. The zero-order chi connectivity index (χ0) is 8.27. The Hall–Kier alpha value is -0.300. The molecule has 0 amide bonds. The van der Waals surface area contributed by atoms with Crippen molar-refractivity contribution >= 4 is 0 Å². The first-order valence-electron chi connectivity index (χ1n) is 4.64. The molecule has 0 saturated carbocycles. The summed E-state index contributed by atoms with van der Waals surface area (Å²) in [5.41, 5.74) is 1.60. The highest BCUT2D eigenvalue weighted by molar-refractivity contribution is 5.12. The first kappa shape index (κ1) is 8.79. The van der Waals surface area contributed by atoms with E-state index in [9.17, 15) is 0 Å². The van der Waals surface area contributed by atoms with E-state index in [0.29, 0.717) is 12.0 Å². The van der Waals surface area contributed by atoms with Crippen LogP contribution in [-0.2, 0) is 0 Å². The molecule has 1 N–H and O–H groups in total. The fraction of sp³-hybridized carbons (Fsp3) is 0.800. The Morgan fingerprint density at radius 3 is 2.82 bits per heavy atom.